The minimum absolute atomic E-state index is 0.390. The Labute approximate surface area is 87.6 Å². The molecule has 1 aliphatic rings. The molecule has 0 fully saturated rings. The lowest BCUT2D eigenvalue weighted by atomic mass is 9.99. The lowest BCUT2D eigenvalue weighted by Gasteiger charge is -2.04. The van der Waals surface area contributed by atoms with Crippen molar-refractivity contribution in [2.24, 2.45) is 5.84 Å². The van der Waals surface area contributed by atoms with Crippen molar-refractivity contribution >= 4 is 11.8 Å². The molecule has 2 N–H and O–H groups in total. The van der Waals surface area contributed by atoms with E-state index in [2.05, 4.69) is 0 Å². The largest absolute Gasteiger partial charge is 0.276 e. The smallest absolute Gasteiger partial charge is 0.267 e. The van der Waals surface area contributed by atoms with Crippen LogP contribution in [0.4, 0.5) is 0 Å². The van der Waals surface area contributed by atoms with E-state index in [1.165, 1.54) is 0 Å². The molecule has 78 valence electrons. The van der Waals surface area contributed by atoms with Gasteiger partial charge in [-0.05, 0) is 18.1 Å². The van der Waals surface area contributed by atoms with Gasteiger partial charge in [0, 0.05) is 0 Å². The fourth-order valence-electron chi connectivity index (χ4n) is 1.85. The molecule has 0 saturated heterocycles. The highest BCUT2D eigenvalue weighted by Crippen LogP contribution is 2.24. The molecule has 15 heavy (non-hydrogen) atoms. The number of fused-ring (bicyclic) bond motifs is 1. The van der Waals surface area contributed by atoms with E-state index in [-0.39, 0.29) is 5.91 Å². The number of hydrogen-bond acceptors (Lipinski definition) is 3. The number of aryl methyl sites for hydroxylation is 1. The van der Waals surface area contributed by atoms with Gasteiger partial charge < -0.3 is 0 Å². The first-order valence-electron chi connectivity index (χ1n) is 4.92. The number of hydrogen-bond donors (Lipinski definition) is 1. The van der Waals surface area contributed by atoms with E-state index in [0.717, 1.165) is 18.4 Å². The molecule has 4 nitrogen and oxygen atoms in total. The van der Waals surface area contributed by atoms with Gasteiger partial charge in [0.1, 0.15) is 0 Å². The average Bonchev–Trinajstić information content (AvgIpc) is 2.46. The van der Waals surface area contributed by atoms with Crippen LogP contribution in [0.2, 0.25) is 0 Å². The fourth-order valence-corrected chi connectivity index (χ4v) is 1.85. The Hall–Kier alpha value is -1.68. The van der Waals surface area contributed by atoms with Gasteiger partial charge in [0.25, 0.3) is 11.8 Å². The zero-order valence-corrected chi connectivity index (χ0v) is 8.49. The van der Waals surface area contributed by atoms with Crippen LogP contribution in [0.3, 0.4) is 0 Å². The summed E-state index contributed by atoms with van der Waals surface area (Å²) < 4.78 is 0. The highest BCUT2D eigenvalue weighted by Gasteiger charge is 2.35. The molecule has 1 aliphatic heterocycles. The Morgan fingerprint density at radius 2 is 2.00 bits per heavy atom. The summed E-state index contributed by atoms with van der Waals surface area (Å²) in [5, 5.41) is 0.684. The number of hydrazine groups is 1. The first kappa shape index (κ1) is 9.86. The standard InChI is InChI=1S/C11H12N2O2/c1-2-4-7-5-3-6-8-9(7)11(15)13(12)10(8)14/h3,5-6H,2,4,12H2,1H3. The summed E-state index contributed by atoms with van der Waals surface area (Å²) in [5.41, 5.74) is 1.81. The Morgan fingerprint density at radius 1 is 1.27 bits per heavy atom. The van der Waals surface area contributed by atoms with E-state index in [0.29, 0.717) is 16.1 Å². The third-order valence-corrected chi connectivity index (χ3v) is 2.55. The molecule has 0 atom stereocenters. The second-order valence-corrected chi connectivity index (χ2v) is 3.57. The van der Waals surface area contributed by atoms with Crippen molar-refractivity contribution in [1.82, 2.24) is 5.01 Å². The van der Waals surface area contributed by atoms with E-state index >= 15 is 0 Å². The molecule has 2 amide bonds. The monoisotopic (exact) mass is 204 g/mol. The fraction of sp³-hybridized carbons (Fsp3) is 0.273. The average molecular weight is 204 g/mol. The van der Waals surface area contributed by atoms with Crippen LogP contribution in [0, 0.1) is 0 Å². The third kappa shape index (κ3) is 1.34. The number of rotatable bonds is 2. The lowest BCUT2D eigenvalue weighted by Crippen LogP contribution is -2.36. The highest BCUT2D eigenvalue weighted by atomic mass is 16.2. The molecule has 1 heterocycles. The SMILES string of the molecule is CCCc1cccc2c1C(=O)N(N)C2=O. The summed E-state index contributed by atoms with van der Waals surface area (Å²) in [7, 11) is 0. The number of imide groups is 1. The second-order valence-electron chi connectivity index (χ2n) is 3.57. The number of nitrogens with zero attached hydrogens (tertiary/aromatic N) is 1. The first-order valence-corrected chi connectivity index (χ1v) is 4.92. The molecule has 0 bridgehead atoms. The maximum atomic E-state index is 11.7. The van der Waals surface area contributed by atoms with E-state index in [9.17, 15) is 9.59 Å². The van der Waals surface area contributed by atoms with Gasteiger partial charge in [0.15, 0.2) is 0 Å². The van der Waals surface area contributed by atoms with Gasteiger partial charge in [-0.25, -0.2) is 10.9 Å². The summed E-state index contributed by atoms with van der Waals surface area (Å²) in [6.45, 7) is 2.03. The van der Waals surface area contributed by atoms with Crippen molar-refractivity contribution in [2.45, 2.75) is 19.8 Å². The van der Waals surface area contributed by atoms with Gasteiger partial charge in [-0.2, -0.15) is 0 Å². The van der Waals surface area contributed by atoms with Crippen molar-refractivity contribution < 1.29 is 9.59 Å². The molecule has 0 aromatic heterocycles. The number of nitrogens with two attached hydrogens (primary N) is 1. The predicted octanol–water partition coefficient (Wildman–Crippen LogP) is 1.11. The zero-order chi connectivity index (χ0) is 11.0. The molecule has 1 aromatic carbocycles. The van der Waals surface area contributed by atoms with E-state index in [4.69, 9.17) is 5.84 Å². The molecule has 0 spiro atoms. The normalized spacial score (nSPS) is 14.7. The summed E-state index contributed by atoms with van der Waals surface area (Å²) in [6, 6.07) is 5.29. The van der Waals surface area contributed by atoms with E-state index in [1.54, 1.807) is 12.1 Å². The van der Waals surface area contributed by atoms with Crippen molar-refractivity contribution in [3.63, 3.8) is 0 Å². The molecule has 2 rings (SSSR count). The Morgan fingerprint density at radius 3 is 2.67 bits per heavy atom. The predicted molar refractivity (Wildman–Crippen MR) is 55.1 cm³/mol. The van der Waals surface area contributed by atoms with Gasteiger partial charge in [0.05, 0.1) is 11.1 Å². The van der Waals surface area contributed by atoms with E-state index < -0.39 is 5.91 Å². The van der Waals surface area contributed by atoms with Gasteiger partial charge >= 0.3 is 0 Å². The maximum Gasteiger partial charge on any atom is 0.276 e. The van der Waals surface area contributed by atoms with Crippen molar-refractivity contribution in [3.05, 3.63) is 34.9 Å². The molecule has 4 heteroatoms. The summed E-state index contributed by atoms with van der Waals surface area (Å²) in [4.78, 5) is 23.2. The molecule has 0 saturated carbocycles. The summed E-state index contributed by atoms with van der Waals surface area (Å²) >= 11 is 0. The Bertz CT molecular complexity index is 440. The molecule has 0 aliphatic carbocycles. The first-order chi connectivity index (χ1) is 7.16. The van der Waals surface area contributed by atoms with Crippen LogP contribution < -0.4 is 5.84 Å². The van der Waals surface area contributed by atoms with E-state index in [1.807, 2.05) is 13.0 Å². The zero-order valence-electron chi connectivity index (χ0n) is 8.49. The second kappa shape index (κ2) is 3.47. The number of benzene rings is 1. The summed E-state index contributed by atoms with van der Waals surface area (Å²) in [5.74, 6) is 4.57. The third-order valence-electron chi connectivity index (χ3n) is 2.55. The topological polar surface area (TPSA) is 63.4 Å². The maximum absolute atomic E-state index is 11.7. The van der Waals surface area contributed by atoms with Crippen LogP contribution in [0.1, 0.15) is 39.6 Å². The van der Waals surface area contributed by atoms with Crippen LogP contribution in [-0.4, -0.2) is 16.8 Å². The van der Waals surface area contributed by atoms with Gasteiger partial charge in [-0.3, -0.25) is 9.59 Å². The summed E-state index contributed by atoms with van der Waals surface area (Å²) in [6.07, 6.45) is 1.72. The van der Waals surface area contributed by atoms with Gasteiger partial charge in [0.2, 0.25) is 0 Å². The van der Waals surface area contributed by atoms with Crippen LogP contribution in [0.5, 0.6) is 0 Å². The molecular formula is C11H12N2O2. The van der Waals surface area contributed by atoms with Crippen LogP contribution in [-0.2, 0) is 6.42 Å². The molecular weight excluding hydrogens is 192 g/mol. The van der Waals surface area contributed by atoms with Crippen molar-refractivity contribution in [3.8, 4) is 0 Å². The number of carbonyl (C=O) groups excluding carboxylic acids is 2. The Balaban J connectivity index is 2.58. The number of amides is 2. The minimum atomic E-state index is -0.409. The van der Waals surface area contributed by atoms with Crippen LogP contribution in [0.25, 0.3) is 0 Å². The van der Waals surface area contributed by atoms with Crippen LogP contribution in [0.15, 0.2) is 18.2 Å². The highest BCUT2D eigenvalue weighted by molar-refractivity contribution is 6.21. The number of carbonyl (C=O) groups is 2. The quantitative estimate of drug-likeness (QED) is 0.446. The molecule has 0 radical (unpaired) electrons. The minimum Gasteiger partial charge on any atom is -0.267 e. The lowest BCUT2D eigenvalue weighted by molar-refractivity contribution is 0.0653. The van der Waals surface area contributed by atoms with Crippen molar-refractivity contribution in [1.29, 1.82) is 0 Å². The Kier molecular flexibility index (Phi) is 2.28. The van der Waals surface area contributed by atoms with Crippen LogP contribution >= 0.6 is 0 Å². The molecule has 1 aromatic rings. The van der Waals surface area contributed by atoms with Crippen molar-refractivity contribution in [2.75, 3.05) is 0 Å². The molecule has 0 unspecified atom stereocenters. The van der Waals surface area contributed by atoms with Gasteiger partial charge in [-0.15, -0.1) is 0 Å². The van der Waals surface area contributed by atoms with Gasteiger partial charge in [-0.1, -0.05) is 25.5 Å².